The number of imidazole rings is 2. The molecular formula is C34H48ClN5O4S. The zero-order valence-electron chi connectivity index (χ0n) is 27.5. The first kappa shape index (κ1) is 33.7. The number of rotatable bonds is 5. The maximum Gasteiger partial charge on any atom is 0.261 e. The van der Waals surface area contributed by atoms with Gasteiger partial charge in [0.15, 0.2) is 0 Å². The molecule has 0 radical (unpaired) electrons. The monoisotopic (exact) mass is 657 g/mol. The Bertz CT molecular complexity index is 1740. The molecule has 0 saturated carbocycles. The number of aromatic nitrogens is 4. The standard InChI is InChI=1S/C17H23ClN2O3S.C17H25N3O/c1-17(2,3)16-19-14-10-13(24(18,21)22)4-5-15(14)20(16)11-12-6-8-23-9-7-12;1-17(2,3)16-19-14-10-13(18)4-5-15(14)20(16)11-12-6-8-21-9-7-12/h4-5,10,12H,6-9,11H2,1-3H3;4-5,10,12H,6-9,11,18H2,1-3H3. The molecular weight excluding hydrogens is 610 g/mol. The predicted molar refractivity (Wildman–Crippen MR) is 181 cm³/mol. The number of benzene rings is 2. The van der Waals surface area contributed by atoms with E-state index in [1.807, 2.05) is 18.2 Å². The lowest BCUT2D eigenvalue weighted by Gasteiger charge is -2.26. The summed E-state index contributed by atoms with van der Waals surface area (Å²) in [6.07, 6.45) is 4.35. The highest BCUT2D eigenvalue weighted by molar-refractivity contribution is 8.13. The second kappa shape index (κ2) is 13.2. The van der Waals surface area contributed by atoms with Crippen molar-refractivity contribution in [2.45, 2.75) is 96.0 Å². The predicted octanol–water partition coefficient (Wildman–Crippen LogP) is 7.03. The maximum atomic E-state index is 11.6. The first-order valence-electron chi connectivity index (χ1n) is 16.0. The molecule has 0 unspecified atom stereocenters. The average Bonchev–Trinajstić information content (AvgIpc) is 3.52. The van der Waals surface area contributed by atoms with Crippen molar-refractivity contribution in [1.82, 2.24) is 19.1 Å². The molecule has 11 heteroatoms. The minimum atomic E-state index is -3.75. The highest BCUT2D eigenvalue weighted by atomic mass is 35.7. The summed E-state index contributed by atoms with van der Waals surface area (Å²) in [6.45, 7) is 18.3. The lowest BCUT2D eigenvalue weighted by molar-refractivity contribution is 0.0610. The van der Waals surface area contributed by atoms with Crippen molar-refractivity contribution in [2.24, 2.45) is 11.8 Å². The van der Waals surface area contributed by atoms with E-state index in [4.69, 9.17) is 35.9 Å². The Labute approximate surface area is 271 Å². The smallest absolute Gasteiger partial charge is 0.261 e. The van der Waals surface area contributed by atoms with Crippen molar-refractivity contribution in [2.75, 3.05) is 32.2 Å². The van der Waals surface area contributed by atoms with E-state index in [-0.39, 0.29) is 15.7 Å². The number of nitrogens with two attached hydrogens (primary N) is 1. The molecule has 2 fully saturated rings. The zero-order chi connectivity index (χ0) is 32.6. The molecule has 9 nitrogen and oxygen atoms in total. The molecule has 0 amide bonds. The third-order valence-electron chi connectivity index (χ3n) is 8.68. The van der Waals surface area contributed by atoms with Gasteiger partial charge in [-0.15, -0.1) is 0 Å². The van der Waals surface area contributed by atoms with Gasteiger partial charge in [0.1, 0.15) is 11.6 Å². The van der Waals surface area contributed by atoms with E-state index in [1.165, 1.54) is 5.52 Å². The van der Waals surface area contributed by atoms with Crippen molar-refractivity contribution < 1.29 is 17.9 Å². The van der Waals surface area contributed by atoms with Gasteiger partial charge in [0.25, 0.3) is 9.05 Å². The van der Waals surface area contributed by atoms with Crippen LogP contribution in [0.5, 0.6) is 0 Å². The number of nitrogens with zero attached hydrogens (tertiary/aromatic N) is 4. The fourth-order valence-corrected chi connectivity index (χ4v) is 7.07. The Morgan fingerprint density at radius 3 is 1.60 bits per heavy atom. The number of hydrogen-bond acceptors (Lipinski definition) is 7. The molecule has 6 rings (SSSR count). The van der Waals surface area contributed by atoms with Gasteiger partial charge in [-0.1, -0.05) is 41.5 Å². The van der Waals surface area contributed by atoms with Crippen LogP contribution in [0.3, 0.4) is 0 Å². The van der Waals surface area contributed by atoms with Gasteiger partial charge in [0, 0.05) is 66.7 Å². The summed E-state index contributed by atoms with van der Waals surface area (Å²) in [7, 11) is 1.72. The lowest BCUT2D eigenvalue weighted by atomic mass is 9.94. The van der Waals surface area contributed by atoms with Crippen LogP contribution < -0.4 is 5.73 Å². The molecule has 2 N–H and O–H groups in total. The Balaban J connectivity index is 0.000000179. The van der Waals surface area contributed by atoms with E-state index < -0.39 is 9.05 Å². The van der Waals surface area contributed by atoms with Crippen LogP contribution in [0.2, 0.25) is 0 Å². The summed E-state index contributed by atoms with van der Waals surface area (Å²) in [5.41, 5.74) is 10.4. The van der Waals surface area contributed by atoms with Gasteiger partial charge in [0.2, 0.25) is 0 Å². The Morgan fingerprint density at radius 1 is 0.756 bits per heavy atom. The van der Waals surface area contributed by atoms with Crippen LogP contribution in [0, 0.1) is 11.8 Å². The van der Waals surface area contributed by atoms with Crippen LogP contribution in [0.1, 0.15) is 78.9 Å². The number of nitrogen functional groups attached to an aromatic ring is 1. The molecule has 2 aliphatic heterocycles. The summed E-state index contributed by atoms with van der Waals surface area (Å²) < 4.78 is 38.8. The minimum Gasteiger partial charge on any atom is -0.399 e. The van der Waals surface area contributed by atoms with Gasteiger partial charge in [0.05, 0.1) is 27.0 Å². The number of anilines is 1. The number of fused-ring (bicyclic) bond motifs is 2. The summed E-state index contributed by atoms with van der Waals surface area (Å²) >= 11 is 0. The zero-order valence-corrected chi connectivity index (χ0v) is 29.0. The first-order chi connectivity index (χ1) is 21.1. The topological polar surface area (TPSA) is 114 Å². The van der Waals surface area contributed by atoms with Gasteiger partial charge in [-0.3, -0.25) is 0 Å². The average molecular weight is 658 g/mol. The largest absolute Gasteiger partial charge is 0.399 e. The van der Waals surface area contributed by atoms with Gasteiger partial charge in [-0.25, -0.2) is 18.4 Å². The van der Waals surface area contributed by atoms with Crippen molar-refractivity contribution in [1.29, 1.82) is 0 Å². The van der Waals surface area contributed by atoms with Gasteiger partial charge in [-0.05, 0) is 73.9 Å². The van der Waals surface area contributed by atoms with Crippen LogP contribution in [-0.4, -0.2) is 53.9 Å². The molecule has 2 aromatic carbocycles. The lowest BCUT2D eigenvalue weighted by Crippen LogP contribution is -2.25. The van der Waals surface area contributed by atoms with E-state index in [0.29, 0.717) is 17.4 Å². The quantitative estimate of drug-likeness (QED) is 0.181. The molecule has 45 heavy (non-hydrogen) atoms. The van der Waals surface area contributed by atoms with Crippen molar-refractivity contribution in [3.8, 4) is 0 Å². The van der Waals surface area contributed by atoms with Crippen LogP contribution in [0.25, 0.3) is 22.1 Å². The highest BCUT2D eigenvalue weighted by Crippen LogP contribution is 2.32. The van der Waals surface area contributed by atoms with E-state index in [9.17, 15) is 8.42 Å². The Kier molecular flexibility index (Phi) is 9.90. The molecule has 0 spiro atoms. The third kappa shape index (κ3) is 8.02. The van der Waals surface area contributed by atoms with Gasteiger partial charge >= 0.3 is 0 Å². The van der Waals surface area contributed by atoms with Crippen LogP contribution in [0.15, 0.2) is 41.3 Å². The number of hydrogen-bond donors (Lipinski definition) is 1. The molecule has 2 saturated heterocycles. The summed E-state index contributed by atoms with van der Waals surface area (Å²) in [5.74, 6) is 3.34. The van der Waals surface area contributed by atoms with E-state index in [1.54, 1.807) is 12.1 Å². The normalized spacial score (nSPS) is 17.5. The number of halogens is 1. The minimum absolute atomic E-state index is 0.0267. The van der Waals surface area contributed by atoms with Crippen LogP contribution >= 0.6 is 10.7 Å². The molecule has 0 atom stereocenters. The SMILES string of the molecule is CC(C)(C)c1nc2cc(N)ccc2n1CC1CCOCC1.CC(C)(C)c1nc2cc(S(=O)(=O)Cl)ccc2n1CC1CCOCC1. The summed E-state index contributed by atoms with van der Waals surface area (Å²) in [4.78, 5) is 9.68. The Hall–Kier alpha value is -2.66. The molecule has 2 aliphatic rings. The molecule has 2 aromatic heterocycles. The molecule has 246 valence electrons. The molecule has 0 aliphatic carbocycles. The van der Waals surface area contributed by atoms with Crippen LogP contribution in [-0.2, 0) is 42.4 Å². The highest BCUT2D eigenvalue weighted by Gasteiger charge is 2.27. The summed E-state index contributed by atoms with van der Waals surface area (Å²) in [5, 5.41) is 0. The van der Waals surface area contributed by atoms with Crippen LogP contribution in [0.4, 0.5) is 5.69 Å². The Morgan fingerprint density at radius 2 is 1.18 bits per heavy atom. The molecule has 4 aromatic rings. The fourth-order valence-electron chi connectivity index (χ4n) is 6.30. The van der Waals surface area contributed by atoms with Gasteiger partial charge in [-0.2, -0.15) is 0 Å². The number of ether oxygens (including phenoxy) is 2. The molecule has 0 bridgehead atoms. The first-order valence-corrected chi connectivity index (χ1v) is 18.3. The van der Waals surface area contributed by atoms with E-state index in [2.05, 4.69) is 56.7 Å². The summed E-state index contributed by atoms with van der Waals surface area (Å²) in [6, 6.07) is 11.0. The molecule has 4 heterocycles. The second-order valence-electron chi connectivity index (χ2n) is 14.5. The van der Waals surface area contributed by atoms with E-state index in [0.717, 1.165) is 93.6 Å². The van der Waals surface area contributed by atoms with Crippen molar-refractivity contribution in [3.05, 3.63) is 48.0 Å². The van der Waals surface area contributed by atoms with Gasteiger partial charge < -0.3 is 24.3 Å². The third-order valence-corrected chi connectivity index (χ3v) is 10.0. The van der Waals surface area contributed by atoms with Crippen molar-refractivity contribution >= 4 is 47.5 Å². The van der Waals surface area contributed by atoms with E-state index >= 15 is 0 Å². The fraction of sp³-hybridized carbons (Fsp3) is 0.588. The maximum absolute atomic E-state index is 11.6. The van der Waals surface area contributed by atoms with Crippen molar-refractivity contribution in [3.63, 3.8) is 0 Å². The second-order valence-corrected chi connectivity index (χ2v) is 17.1.